The van der Waals surface area contributed by atoms with Gasteiger partial charge in [0.05, 0.1) is 5.56 Å². The summed E-state index contributed by atoms with van der Waals surface area (Å²) in [5.74, 6) is -0.709. The Bertz CT molecular complexity index is 921. The Morgan fingerprint density at radius 3 is 1.82 bits per heavy atom. The van der Waals surface area contributed by atoms with Crippen molar-refractivity contribution < 1.29 is 18.3 Å². The van der Waals surface area contributed by atoms with Crippen molar-refractivity contribution in [2.45, 2.75) is 20.0 Å². The molecule has 0 amide bonds. The number of anilines is 1. The van der Waals surface area contributed by atoms with Gasteiger partial charge in [-0.25, -0.2) is 8.78 Å². The lowest BCUT2D eigenvalue weighted by molar-refractivity contribution is 0.0933. The van der Waals surface area contributed by atoms with Gasteiger partial charge < -0.3 is 10.5 Å². The maximum Gasteiger partial charge on any atom is 0.169 e. The van der Waals surface area contributed by atoms with Gasteiger partial charge in [0.1, 0.15) is 23.5 Å². The molecule has 0 bridgehead atoms. The van der Waals surface area contributed by atoms with E-state index in [0.29, 0.717) is 28.1 Å². The zero-order valence-corrected chi connectivity index (χ0v) is 15.7. The van der Waals surface area contributed by atoms with Crippen molar-refractivity contribution in [3.63, 3.8) is 0 Å². The lowest BCUT2D eigenvalue weighted by atomic mass is 9.98. The molecular formula is C23H21F2NO2. The summed E-state index contributed by atoms with van der Waals surface area (Å²) >= 11 is 0. The molecule has 28 heavy (non-hydrogen) atoms. The number of carbonyl (C=O) groups excluding carboxylic acids is 1. The molecule has 0 radical (unpaired) electrons. The molecule has 0 heterocycles. The van der Waals surface area contributed by atoms with Gasteiger partial charge in [-0.05, 0) is 53.6 Å². The third kappa shape index (κ3) is 4.36. The summed E-state index contributed by atoms with van der Waals surface area (Å²) in [6.45, 7) is 3.60. The minimum absolute atomic E-state index is 0.0979. The van der Waals surface area contributed by atoms with Gasteiger partial charge in [0.2, 0.25) is 0 Å². The number of ether oxygens (including phenoxy) is 1. The number of rotatable bonds is 6. The first kappa shape index (κ1) is 19.5. The second-order valence-corrected chi connectivity index (χ2v) is 6.88. The number of ketones is 1. The molecular weight excluding hydrogens is 360 g/mol. The quantitative estimate of drug-likeness (QED) is 0.450. The van der Waals surface area contributed by atoms with Crippen molar-refractivity contribution in [3.05, 3.63) is 95.1 Å². The van der Waals surface area contributed by atoms with E-state index >= 15 is 0 Å². The van der Waals surface area contributed by atoms with Gasteiger partial charge in [-0.2, -0.15) is 0 Å². The molecule has 0 spiro atoms. The highest BCUT2D eigenvalue weighted by Crippen LogP contribution is 2.33. The number of Topliss-reactive ketones (excluding diaryl/α,β-unsaturated/α-hetero) is 1. The number of nitrogen functional groups attached to an aromatic ring is 1. The number of hydrogen-bond acceptors (Lipinski definition) is 3. The highest BCUT2D eigenvalue weighted by molar-refractivity contribution is 6.00. The van der Waals surface area contributed by atoms with E-state index in [2.05, 4.69) is 0 Å². The van der Waals surface area contributed by atoms with Gasteiger partial charge in [-0.1, -0.05) is 38.1 Å². The molecule has 0 aliphatic carbocycles. The van der Waals surface area contributed by atoms with Gasteiger partial charge in [-0.15, -0.1) is 0 Å². The van der Waals surface area contributed by atoms with Crippen LogP contribution in [0.3, 0.4) is 0 Å². The first-order valence-electron chi connectivity index (χ1n) is 8.96. The summed E-state index contributed by atoms with van der Waals surface area (Å²) in [5, 5.41) is 0. The van der Waals surface area contributed by atoms with E-state index in [4.69, 9.17) is 10.5 Å². The van der Waals surface area contributed by atoms with Crippen molar-refractivity contribution in [3.8, 4) is 5.75 Å². The smallest absolute Gasteiger partial charge is 0.169 e. The summed E-state index contributed by atoms with van der Waals surface area (Å²) in [7, 11) is 0. The van der Waals surface area contributed by atoms with Gasteiger partial charge >= 0.3 is 0 Å². The normalized spacial score (nSPS) is 11.1. The van der Waals surface area contributed by atoms with Gasteiger partial charge in [-0.3, -0.25) is 4.79 Å². The number of benzene rings is 3. The zero-order valence-electron chi connectivity index (χ0n) is 15.7. The molecule has 3 aromatic carbocycles. The topological polar surface area (TPSA) is 52.3 Å². The van der Waals surface area contributed by atoms with Crippen molar-refractivity contribution >= 4 is 11.5 Å². The molecule has 3 rings (SSSR count). The van der Waals surface area contributed by atoms with E-state index in [1.54, 1.807) is 56.3 Å². The Kier molecular flexibility index (Phi) is 5.73. The predicted molar refractivity (Wildman–Crippen MR) is 105 cm³/mol. The van der Waals surface area contributed by atoms with Crippen LogP contribution >= 0.6 is 0 Å². The lowest BCUT2D eigenvalue weighted by Gasteiger charge is -2.22. The molecule has 5 heteroatoms. The Labute approximate surface area is 162 Å². The molecule has 0 aliphatic heterocycles. The number of hydrogen-bond donors (Lipinski definition) is 1. The van der Waals surface area contributed by atoms with Gasteiger partial charge in [0.25, 0.3) is 0 Å². The van der Waals surface area contributed by atoms with E-state index < -0.39 is 6.10 Å². The van der Waals surface area contributed by atoms with E-state index in [0.717, 1.165) is 0 Å². The van der Waals surface area contributed by atoms with Crippen LogP contribution in [0.2, 0.25) is 0 Å². The van der Waals surface area contributed by atoms with Crippen LogP contribution in [0.15, 0.2) is 66.7 Å². The highest BCUT2D eigenvalue weighted by atomic mass is 19.1. The molecule has 2 N–H and O–H groups in total. The number of carbonyl (C=O) groups is 1. The van der Waals surface area contributed by atoms with Crippen molar-refractivity contribution in [1.29, 1.82) is 0 Å². The molecule has 0 fully saturated rings. The van der Waals surface area contributed by atoms with E-state index in [1.807, 2.05) is 0 Å². The minimum Gasteiger partial charge on any atom is -0.480 e. The molecule has 0 atom stereocenters. The first-order chi connectivity index (χ1) is 13.3. The summed E-state index contributed by atoms with van der Waals surface area (Å²) in [5.41, 5.74) is 8.04. The fourth-order valence-corrected chi connectivity index (χ4v) is 2.88. The Morgan fingerprint density at radius 1 is 0.857 bits per heavy atom. The molecule has 144 valence electrons. The largest absolute Gasteiger partial charge is 0.480 e. The predicted octanol–water partition coefficient (Wildman–Crippen LogP) is 5.55. The van der Waals surface area contributed by atoms with Crippen molar-refractivity contribution in [1.82, 2.24) is 0 Å². The third-order valence-corrected chi connectivity index (χ3v) is 4.38. The molecule has 3 nitrogen and oxygen atoms in total. The summed E-state index contributed by atoms with van der Waals surface area (Å²) < 4.78 is 33.0. The molecule has 0 saturated carbocycles. The molecule has 0 unspecified atom stereocenters. The van der Waals surface area contributed by atoms with Crippen molar-refractivity contribution in [2.75, 3.05) is 5.73 Å². The zero-order chi connectivity index (χ0) is 20.3. The fourth-order valence-electron chi connectivity index (χ4n) is 2.88. The average molecular weight is 381 g/mol. The second-order valence-electron chi connectivity index (χ2n) is 6.88. The summed E-state index contributed by atoms with van der Waals surface area (Å²) in [6, 6.07) is 16.6. The molecule has 3 aromatic rings. The minimum atomic E-state index is -0.650. The SMILES string of the molecule is CC(C)C(=O)c1cc(N)ccc1OC(c1ccc(F)cc1)c1ccc(F)cc1. The number of nitrogens with two attached hydrogens (primary N) is 1. The van der Waals surface area contributed by atoms with Crippen LogP contribution < -0.4 is 10.5 Å². The van der Waals surface area contributed by atoms with Crippen LogP contribution in [0.4, 0.5) is 14.5 Å². The molecule has 0 aromatic heterocycles. The van der Waals surface area contributed by atoms with Crippen LogP contribution in [0.25, 0.3) is 0 Å². The second kappa shape index (κ2) is 8.21. The van der Waals surface area contributed by atoms with Crippen molar-refractivity contribution in [2.24, 2.45) is 5.92 Å². The third-order valence-electron chi connectivity index (χ3n) is 4.38. The van der Waals surface area contributed by atoms with Crippen LogP contribution in [0.5, 0.6) is 5.75 Å². The average Bonchev–Trinajstić information content (AvgIpc) is 2.68. The maximum atomic E-state index is 13.4. The Balaban J connectivity index is 2.06. The first-order valence-corrected chi connectivity index (χ1v) is 8.96. The standard InChI is InChI=1S/C23H21F2NO2/c1-14(2)22(27)20-13-19(26)11-12-21(20)28-23(15-3-7-17(24)8-4-15)16-5-9-18(25)10-6-16/h3-14,23H,26H2,1-2H3. The number of halogens is 2. The Hall–Kier alpha value is -3.21. The monoisotopic (exact) mass is 381 g/mol. The lowest BCUT2D eigenvalue weighted by Crippen LogP contribution is -2.14. The van der Waals surface area contributed by atoms with Crippen LogP contribution in [-0.2, 0) is 0 Å². The van der Waals surface area contributed by atoms with E-state index in [9.17, 15) is 13.6 Å². The summed E-state index contributed by atoms with van der Waals surface area (Å²) in [4.78, 5) is 12.6. The molecule has 0 aliphatic rings. The highest BCUT2D eigenvalue weighted by Gasteiger charge is 2.22. The van der Waals surface area contributed by atoms with E-state index in [-0.39, 0.29) is 23.3 Å². The van der Waals surface area contributed by atoms with Crippen LogP contribution in [0, 0.1) is 17.6 Å². The fraction of sp³-hybridized carbons (Fsp3) is 0.174. The Morgan fingerprint density at radius 2 is 1.36 bits per heavy atom. The van der Waals surface area contributed by atoms with Gasteiger partial charge in [0.15, 0.2) is 5.78 Å². The van der Waals surface area contributed by atoms with Crippen LogP contribution in [0.1, 0.15) is 41.4 Å². The van der Waals surface area contributed by atoms with Gasteiger partial charge in [0, 0.05) is 11.6 Å². The molecule has 0 saturated heterocycles. The summed E-state index contributed by atoms with van der Waals surface area (Å²) in [6.07, 6.45) is -0.650. The van der Waals surface area contributed by atoms with E-state index in [1.165, 1.54) is 24.3 Å². The van der Waals surface area contributed by atoms with Crippen LogP contribution in [-0.4, -0.2) is 5.78 Å². The maximum absolute atomic E-state index is 13.4.